The van der Waals surface area contributed by atoms with Crippen LogP contribution in [-0.4, -0.2) is 11.9 Å². The predicted molar refractivity (Wildman–Crippen MR) is 64.4 cm³/mol. The average Bonchev–Trinajstić information content (AvgIpc) is 2.17. The Labute approximate surface area is 94.6 Å². The Hall–Kier alpha value is -0.500. The van der Waals surface area contributed by atoms with Crippen LogP contribution in [0, 0.1) is 0 Å². The largest absolute Gasteiger partial charge is 0.497 e. The fraction of sp³-hybridized carbons (Fsp3) is 0.500. The van der Waals surface area contributed by atoms with Crippen LogP contribution in [0.3, 0.4) is 0 Å². The Morgan fingerprint density at radius 1 is 1.36 bits per heavy atom. The van der Waals surface area contributed by atoms with Crippen LogP contribution in [0.5, 0.6) is 5.75 Å². The van der Waals surface area contributed by atoms with Crippen LogP contribution >= 0.6 is 15.9 Å². The van der Waals surface area contributed by atoms with Gasteiger partial charge < -0.3 is 4.74 Å². The minimum absolute atomic E-state index is 0.559. The summed E-state index contributed by atoms with van der Waals surface area (Å²) in [5.41, 5.74) is 1.34. The lowest BCUT2D eigenvalue weighted by atomic mass is 9.96. The van der Waals surface area contributed by atoms with E-state index in [1.54, 1.807) is 7.11 Å². The summed E-state index contributed by atoms with van der Waals surface area (Å²) in [4.78, 5) is 0.559. The third-order valence-electron chi connectivity index (χ3n) is 2.34. The number of halogens is 1. The highest BCUT2D eigenvalue weighted by Crippen LogP contribution is 2.25. The van der Waals surface area contributed by atoms with Crippen LogP contribution in [0.25, 0.3) is 0 Å². The lowest BCUT2D eigenvalue weighted by molar-refractivity contribution is 0.413. The summed E-state index contributed by atoms with van der Waals surface area (Å²) in [7, 11) is 1.71. The molecule has 0 bridgehead atoms. The number of methoxy groups -OCH3 is 1. The second kappa shape index (κ2) is 5.40. The van der Waals surface area contributed by atoms with Gasteiger partial charge in [0.05, 0.1) is 7.11 Å². The molecule has 1 aromatic carbocycles. The molecule has 0 heterocycles. The van der Waals surface area contributed by atoms with E-state index >= 15 is 0 Å². The number of alkyl halides is 1. The highest BCUT2D eigenvalue weighted by Gasteiger charge is 2.08. The highest BCUT2D eigenvalue weighted by molar-refractivity contribution is 9.09. The molecule has 14 heavy (non-hydrogen) atoms. The van der Waals surface area contributed by atoms with E-state index in [9.17, 15) is 0 Å². The summed E-state index contributed by atoms with van der Waals surface area (Å²) in [6.45, 7) is 4.42. The summed E-state index contributed by atoms with van der Waals surface area (Å²) >= 11 is 3.58. The number of hydrogen-bond acceptors (Lipinski definition) is 1. The Kier molecular flexibility index (Phi) is 4.46. The maximum absolute atomic E-state index is 5.20. The van der Waals surface area contributed by atoms with E-state index in [2.05, 4.69) is 41.9 Å². The first-order chi connectivity index (χ1) is 6.63. The maximum atomic E-state index is 5.20. The topological polar surface area (TPSA) is 9.23 Å². The summed E-state index contributed by atoms with van der Waals surface area (Å²) < 4.78 is 5.20. The van der Waals surface area contributed by atoms with Crippen LogP contribution in [0.1, 0.15) is 31.7 Å². The predicted octanol–water partition coefficient (Wildman–Crippen LogP) is 3.97. The van der Waals surface area contributed by atoms with Crippen LogP contribution in [0.4, 0.5) is 0 Å². The molecule has 0 aliphatic rings. The molecular formula is C12H17BrO. The molecule has 0 radical (unpaired) electrons. The fourth-order valence-electron chi connectivity index (χ4n) is 1.57. The molecule has 0 amide bonds. The van der Waals surface area contributed by atoms with Crippen molar-refractivity contribution >= 4 is 15.9 Å². The number of benzene rings is 1. The van der Waals surface area contributed by atoms with E-state index in [0.717, 1.165) is 12.2 Å². The molecule has 1 rings (SSSR count). The van der Waals surface area contributed by atoms with Crippen molar-refractivity contribution in [3.63, 3.8) is 0 Å². The van der Waals surface area contributed by atoms with Gasteiger partial charge in [-0.25, -0.2) is 0 Å². The molecule has 0 aliphatic carbocycles. The van der Waals surface area contributed by atoms with E-state index in [0.29, 0.717) is 10.7 Å². The molecule has 2 atom stereocenters. The molecule has 78 valence electrons. The Morgan fingerprint density at radius 2 is 2.07 bits per heavy atom. The van der Waals surface area contributed by atoms with E-state index in [-0.39, 0.29) is 0 Å². The Bertz CT molecular complexity index is 283. The molecule has 2 unspecified atom stereocenters. The molecule has 0 saturated carbocycles. The first kappa shape index (κ1) is 11.6. The number of hydrogen-bond donors (Lipinski definition) is 0. The molecule has 0 spiro atoms. The second-order valence-electron chi connectivity index (χ2n) is 3.69. The lowest BCUT2D eigenvalue weighted by Crippen LogP contribution is -2.00. The van der Waals surface area contributed by atoms with Gasteiger partial charge in [0, 0.05) is 4.83 Å². The molecule has 1 nitrogen and oxygen atoms in total. The van der Waals surface area contributed by atoms with Crippen LogP contribution in [-0.2, 0) is 0 Å². The number of rotatable bonds is 4. The summed E-state index contributed by atoms with van der Waals surface area (Å²) in [5, 5.41) is 0. The second-order valence-corrected chi connectivity index (χ2v) is 5.26. The molecular weight excluding hydrogens is 240 g/mol. The molecule has 1 aromatic rings. The first-order valence-corrected chi connectivity index (χ1v) is 5.83. The molecule has 0 N–H and O–H groups in total. The van der Waals surface area contributed by atoms with E-state index in [1.807, 2.05) is 12.1 Å². The third-order valence-corrected chi connectivity index (χ3v) is 2.71. The van der Waals surface area contributed by atoms with Crippen molar-refractivity contribution in [2.24, 2.45) is 0 Å². The van der Waals surface area contributed by atoms with Gasteiger partial charge in [-0.2, -0.15) is 0 Å². The van der Waals surface area contributed by atoms with Crippen LogP contribution < -0.4 is 4.74 Å². The number of ether oxygens (including phenoxy) is 1. The molecule has 2 heteroatoms. The maximum Gasteiger partial charge on any atom is 0.119 e. The minimum Gasteiger partial charge on any atom is -0.497 e. The summed E-state index contributed by atoms with van der Waals surface area (Å²) in [5.74, 6) is 1.51. The highest BCUT2D eigenvalue weighted by atomic mass is 79.9. The normalized spacial score (nSPS) is 14.9. The van der Waals surface area contributed by atoms with Gasteiger partial charge >= 0.3 is 0 Å². The Morgan fingerprint density at radius 3 is 2.64 bits per heavy atom. The summed E-state index contributed by atoms with van der Waals surface area (Å²) in [6, 6.07) is 8.29. The minimum atomic E-state index is 0.559. The molecule has 0 fully saturated rings. The van der Waals surface area contributed by atoms with Crippen molar-refractivity contribution in [1.29, 1.82) is 0 Å². The van der Waals surface area contributed by atoms with Crippen molar-refractivity contribution in [2.75, 3.05) is 7.11 Å². The molecule has 0 aliphatic heterocycles. The standard InChI is InChI=1S/C12H17BrO/c1-9(7-10(2)13)11-5-4-6-12(8-11)14-3/h4-6,8-10H,7H2,1-3H3. The van der Waals surface area contributed by atoms with Gasteiger partial charge in [0.1, 0.15) is 5.75 Å². The third kappa shape index (κ3) is 3.33. The zero-order chi connectivity index (χ0) is 10.6. The lowest BCUT2D eigenvalue weighted by Gasteiger charge is -2.14. The van der Waals surface area contributed by atoms with Crippen molar-refractivity contribution in [3.8, 4) is 5.75 Å². The molecule has 0 aromatic heterocycles. The van der Waals surface area contributed by atoms with Gasteiger partial charge in [-0.1, -0.05) is 41.9 Å². The van der Waals surface area contributed by atoms with Gasteiger partial charge in [0.2, 0.25) is 0 Å². The first-order valence-electron chi connectivity index (χ1n) is 4.91. The Balaban J connectivity index is 2.73. The van der Waals surface area contributed by atoms with Crippen molar-refractivity contribution in [2.45, 2.75) is 31.0 Å². The fourth-order valence-corrected chi connectivity index (χ4v) is 2.13. The van der Waals surface area contributed by atoms with Crippen LogP contribution in [0.15, 0.2) is 24.3 Å². The average molecular weight is 257 g/mol. The smallest absolute Gasteiger partial charge is 0.119 e. The van der Waals surface area contributed by atoms with E-state index in [1.165, 1.54) is 5.56 Å². The van der Waals surface area contributed by atoms with E-state index < -0.39 is 0 Å². The zero-order valence-corrected chi connectivity index (χ0v) is 10.5. The van der Waals surface area contributed by atoms with Crippen molar-refractivity contribution in [1.82, 2.24) is 0 Å². The van der Waals surface area contributed by atoms with Gasteiger partial charge in [-0.15, -0.1) is 0 Å². The SMILES string of the molecule is COc1cccc(C(C)CC(C)Br)c1. The molecule has 0 saturated heterocycles. The monoisotopic (exact) mass is 256 g/mol. The summed E-state index contributed by atoms with van der Waals surface area (Å²) in [6.07, 6.45) is 1.15. The van der Waals surface area contributed by atoms with Gasteiger partial charge in [-0.3, -0.25) is 0 Å². The van der Waals surface area contributed by atoms with Gasteiger partial charge in [0.15, 0.2) is 0 Å². The van der Waals surface area contributed by atoms with E-state index in [4.69, 9.17) is 4.74 Å². The zero-order valence-electron chi connectivity index (χ0n) is 8.96. The van der Waals surface area contributed by atoms with Crippen molar-refractivity contribution < 1.29 is 4.74 Å². The van der Waals surface area contributed by atoms with Crippen molar-refractivity contribution in [3.05, 3.63) is 29.8 Å². The van der Waals surface area contributed by atoms with Gasteiger partial charge in [0.25, 0.3) is 0 Å². The van der Waals surface area contributed by atoms with Crippen LogP contribution in [0.2, 0.25) is 0 Å². The van der Waals surface area contributed by atoms with Gasteiger partial charge in [-0.05, 0) is 30.0 Å². The quantitative estimate of drug-likeness (QED) is 0.741.